The van der Waals surface area contributed by atoms with Gasteiger partial charge >= 0.3 is 6.18 Å². The molecule has 1 aromatic rings. The van der Waals surface area contributed by atoms with Gasteiger partial charge in [-0.2, -0.15) is 13.2 Å². The van der Waals surface area contributed by atoms with Crippen molar-refractivity contribution in [2.24, 2.45) is 0 Å². The Morgan fingerprint density at radius 3 is 2.67 bits per heavy atom. The summed E-state index contributed by atoms with van der Waals surface area (Å²) in [5.74, 6) is -0.963. The van der Waals surface area contributed by atoms with E-state index < -0.39 is 30.0 Å². The maximum atomic E-state index is 12.8. The van der Waals surface area contributed by atoms with Gasteiger partial charge in [0.1, 0.15) is 12.0 Å². The second-order valence-corrected chi connectivity index (χ2v) is 4.36. The SMILES string of the molecule is CCCCNC(=O)COc1ccc(C=O)cc1C(F)(F)F. The molecule has 0 saturated heterocycles. The van der Waals surface area contributed by atoms with Crippen molar-refractivity contribution in [3.8, 4) is 5.75 Å². The summed E-state index contributed by atoms with van der Waals surface area (Å²) in [5.41, 5.74) is -1.18. The number of aldehydes is 1. The van der Waals surface area contributed by atoms with Crippen LogP contribution in [0.4, 0.5) is 13.2 Å². The van der Waals surface area contributed by atoms with E-state index in [1.165, 1.54) is 6.07 Å². The summed E-state index contributed by atoms with van der Waals surface area (Å²) in [5, 5.41) is 2.53. The van der Waals surface area contributed by atoms with Gasteiger partial charge in [0.25, 0.3) is 5.91 Å². The monoisotopic (exact) mass is 303 g/mol. The lowest BCUT2D eigenvalue weighted by molar-refractivity contribution is -0.139. The zero-order chi connectivity index (χ0) is 15.9. The third-order valence-electron chi connectivity index (χ3n) is 2.66. The molecular formula is C14H16F3NO3. The number of carbonyl (C=O) groups is 2. The van der Waals surface area contributed by atoms with E-state index >= 15 is 0 Å². The van der Waals surface area contributed by atoms with E-state index in [0.717, 1.165) is 18.9 Å². The number of unbranched alkanes of at least 4 members (excludes halogenated alkanes) is 1. The van der Waals surface area contributed by atoms with E-state index in [2.05, 4.69) is 5.32 Å². The minimum Gasteiger partial charge on any atom is -0.483 e. The highest BCUT2D eigenvalue weighted by molar-refractivity contribution is 5.78. The van der Waals surface area contributed by atoms with E-state index in [4.69, 9.17) is 4.74 Å². The molecule has 0 unspecified atom stereocenters. The Morgan fingerprint density at radius 2 is 2.10 bits per heavy atom. The summed E-state index contributed by atoms with van der Waals surface area (Å²) >= 11 is 0. The molecule has 1 rings (SSSR count). The van der Waals surface area contributed by atoms with Crippen LogP contribution in [0.5, 0.6) is 5.75 Å². The number of hydrogen-bond donors (Lipinski definition) is 1. The minimum absolute atomic E-state index is 0.109. The molecule has 0 saturated carbocycles. The Morgan fingerprint density at radius 1 is 1.38 bits per heavy atom. The van der Waals surface area contributed by atoms with Crippen LogP contribution in [0.1, 0.15) is 35.7 Å². The fourth-order valence-corrected chi connectivity index (χ4v) is 1.57. The number of carbonyl (C=O) groups excluding carboxylic acids is 2. The molecule has 0 spiro atoms. The van der Waals surface area contributed by atoms with E-state index in [-0.39, 0.29) is 5.56 Å². The van der Waals surface area contributed by atoms with Crippen molar-refractivity contribution in [1.29, 1.82) is 0 Å². The average Bonchev–Trinajstić information content (AvgIpc) is 2.44. The number of nitrogens with one attached hydrogen (secondary N) is 1. The number of hydrogen-bond acceptors (Lipinski definition) is 3. The fourth-order valence-electron chi connectivity index (χ4n) is 1.57. The standard InChI is InChI=1S/C14H16F3NO3/c1-2-3-6-18-13(20)9-21-12-5-4-10(8-19)7-11(12)14(15,16)17/h4-5,7-8H,2-3,6,9H2,1H3,(H,18,20). The third kappa shape index (κ3) is 5.45. The van der Waals surface area contributed by atoms with Crippen LogP contribution in [0.15, 0.2) is 18.2 Å². The summed E-state index contributed by atoms with van der Waals surface area (Å²) in [4.78, 5) is 21.9. The molecule has 0 aliphatic carbocycles. The van der Waals surface area contributed by atoms with Crippen LogP contribution in [0.25, 0.3) is 0 Å². The molecule has 21 heavy (non-hydrogen) atoms. The molecule has 1 N–H and O–H groups in total. The highest BCUT2D eigenvalue weighted by Gasteiger charge is 2.34. The van der Waals surface area contributed by atoms with E-state index in [1.807, 2.05) is 6.92 Å². The molecule has 0 radical (unpaired) electrons. The predicted octanol–water partition coefficient (Wildman–Crippen LogP) is 2.81. The van der Waals surface area contributed by atoms with E-state index in [9.17, 15) is 22.8 Å². The van der Waals surface area contributed by atoms with Crippen LogP contribution in [0.3, 0.4) is 0 Å². The second-order valence-electron chi connectivity index (χ2n) is 4.36. The van der Waals surface area contributed by atoms with Gasteiger partial charge in [-0.3, -0.25) is 9.59 Å². The van der Waals surface area contributed by atoms with Crippen molar-refractivity contribution in [2.45, 2.75) is 25.9 Å². The first kappa shape index (κ1) is 17.0. The molecular weight excluding hydrogens is 287 g/mol. The molecule has 7 heteroatoms. The van der Waals surface area contributed by atoms with Gasteiger partial charge in [0, 0.05) is 12.1 Å². The van der Waals surface area contributed by atoms with Gasteiger partial charge in [-0.1, -0.05) is 13.3 Å². The molecule has 0 aromatic heterocycles. The van der Waals surface area contributed by atoms with Crippen molar-refractivity contribution >= 4 is 12.2 Å². The van der Waals surface area contributed by atoms with E-state index in [1.54, 1.807) is 0 Å². The van der Waals surface area contributed by atoms with Crippen molar-refractivity contribution < 1.29 is 27.5 Å². The number of alkyl halides is 3. The second kappa shape index (κ2) is 7.66. The molecule has 1 amide bonds. The van der Waals surface area contributed by atoms with Gasteiger partial charge in [-0.25, -0.2) is 0 Å². The summed E-state index contributed by atoms with van der Waals surface area (Å²) < 4.78 is 43.4. The van der Waals surface area contributed by atoms with Crippen LogP contribution >= 0.6 is 0 Å². The summed E-state index contributed by atoms with van der Waals surface area (Å²) in [6, 6.07) is 2.93. The molecule has 0 aliphatic heterocycles. The van der Waals surface area contributed by atoms with Gasteiger partial charge in [-0.05, 0) is 24.6 Å². The van der Waals surface area contributed by atoms with Crippen molar-refractivity contribution in [2.75, 3.05) is 13.2 Å². The molecule has 4 nitrogen and oxygen atoms in total. The maximum Gasteiger partial charge on any atom is 0.419 e. The number of ether oxygens (including phenoxy) is 1. The van der Waals surface area contributed by atoms with Crippen LogP contribution in [0.2, 0.25) is 0 Å². The Labute approximate surface area is 120 Å². The summed E-state index contributed by atoms with van der Waals surface area (Å²) in [7, 11) is 0. The molecule has 1 aromatic carbocycles. The first-order valence-electron chi connectivity index (χ1n) is 6.44. The number of benzene rings is 1. The Kier molecular flexibility index (Phi) is 6.20. The number of halogens is 3. The lowest BCUT2D eigenvalue weighted by atomic mass is 10.1. The van der Waals surface area contributed by atoms with Crippen LogP contribution in [0, 0.1) is 0 Å². The zero-order valence-corrected chi connectivity index (χ0v) is 11.5. The van der Waals surface area contributed by atoms with Crippen molar-refractivity contribution in [1.82, 2.24) is 5.32 Å². The minimum atomic E-state index is -4.66. The lowest BCUT2D eigenvalue weighted by Gasteiger charge is -2.14. The topological polar surface area (TPSA) is 55.4 Å². The molecule has 116 valence electrons. The van der Waals surface area contributed by atoms with Crippen LogP contribution in [-0.2, 0) is 11.0 Å². The molecule has 0 heterocycles. The van der Waals surface area contributed by atoms with E-state index in [0.29, 0.717) is 18.9 Å². The Bertz CT molecular complexity index is 501. The third-order valence-corrected chi connectivity index (χ3v) is 2.66. The zero-order valence-electron chi connectivity index (χ0n) is 11.5. The number of amides is 1. The van der Waals surface area contributed by atoms with Crippen LogP contribution < -0.4 is 10.1 Å². The van der Waals surface area contributed by atoms with Gasteiger partial charge in [0.05, 0.1) is 5.56 Å². The quantitative estimate of drug-likeness (QED) is 0.622. The molecule has 0 fully saturated rings. The Balaban J connectivity index is 2.74. The first-order valence-corrected chi connectivity index (χ1v) is 6.44. The highest BCUT2D eigenvalue weighted by atomic mass is 19.4. The van der Waals surface area contributed by atoms with Crippen LogP contribution in [-0.4, -0.2) is 25.3 Å². The Hall–Kier alpha value is -2.05. The molecule has 0 bridgehead atoms. The summed E-state index contributed by atoms with van der Waals surface area (Å²) in [6.45, 7) is 1.90. The van der Waals surface area contributed by atoms with Gasteiger partial charge in [-0.15, -0.1) is 0 Å². The van der Waals surface area contributed by atoms with Crippen molar-refractivity contribution in [3.05, 3.63) is 29.3 Å². The maximum absolute atomic E-state index is 12.8. The predicted molar refractivity (Wildman–Crippen MR) is 70.2 cm³/mol. The highest BCUT2D eigenvalue weighted by Crippen LogP contribution is 2.36. The van der Waals surface area contributed by atoms with Crippen molar-refractivity contribution in [3.63, 3.8) is 0 Å². The largest absolute Gasteiger partial charge is 0.483 e. The average molecular weight is 303 g/mol. The van der Waals surface area contributed by atoms with Gasteiger partial charge in [0.2, 0.25) is 0 Å². The first-order chi connectivity index (χ1) is 9.88. The van der Waals surface area contributed by atoms with Gasteiger partial charge < -0.3 is 10.1 Å². The number of rotatable bonds is 7. The summed E-state index contributed by atoms with van der Waals surface area (Å²) in [6.07, 6.45) is -2.66. The normalized spacial score (nSPS) is 11.0. The lowest BCUT2D eigenvalue weighted by Crippen LogP contribution is -2.30. The smallest absolute Gasteiger partial charge is 0.419 e. The molecule has 0 aliphatic rings. The van der Waals surface area contributed by atoms with Gasteiger partial charge in [0.15, 0.2) is 6.61 Å². The molecule has 0 atom stereocenters. The fraction of sp³-hybridized carbons (Fsp3) is 0.429.